The molecule has 0 heterocycles. The van der Waals surface area contributed by atoms with E-state index in [4.69, 9.17) is 10.5 Å². The number of nitrogens with one attached hydrogen (secondary N) is 1. The van der Waals surface area contributed by atoms with Crippen molar-refractivity contribution in [1.82, 2.24) is 0 Å². The minimum absolute atomic E-state index is 0.393. The molecular weight excluding hydrogens is 314 g/mol. The summed E-state index contributed by atoms with van der Waals surface area (Å²) < 4.78 is 1.09. The predicted molar refractivity (Wildman–Crippen MR) is 82.1 cm³/mol. The van der Waals surface area contributed by atoms with Crippen LogP contribution < -0.4 is 5.32 Å². The molecule has 0 aliphatic heterocycles. The van der Waals surface area contributed by atoms with Gasteiger partial charge in [0.05, 0.1) is 11.1 Å². The normalized spacial score (nSPS) is 9.60. The fourth-order valence-electron chi connectivity index (χ4n) is 1.87. The molecule has 2 aromatic carbocycles. The summed E-state index contributed by atoms with van der Waals surface area (Å²) >= 11 is 3.47. The molecule has 2 rings (SSSR count). The Balaban J connectivity index is 2.13. The van der Waals surface area contributed by atoms with Crippen molar-refractivity contribution in [3.05, 3.63) is 63.1 Å². The minimum atomic E-state index is 0.393. The van der Waals surface area contributed by atoms with Gasteiger partial charge in [-0.1, -0.05) is 28.1 Å². The Hall–Kier alpha value is -2.30. The lowest BCUT2D eigenvalue weighted by atomic mass is 10.1. The van der Waals surface area contributed by atoms with Gasteiger partial charge in [-0.25, -0.2) is 0 Å². The molecule has 4 heteroatoms. The third kappa shape index (κ3) is 3.17. The molecule has 2 aromatic rings. The second-order valence-electron chi connectivity index (χ2n) is 4.42. The van der Waals surface area contributed by atoms with Crippen molar-refractivity contribution in [2.24, 2.45) is 0 Å². The first-order valence-corrected chi connectivity index (χ1v) is 6.86. The highest BCUT2D eigenvalue weighted by molar-refractivity contribution is 9.10. The van der Waals surface area contributed by atoms with Crippen molar-refractivity contribution in [3.8, 4) is 12.1 Å². The Kier molecular flexibility index (Phi) is 4.40. The maximum Gasteiger partial charge on any atom is 0.101 e. The first kappa shape index (κ1) is 14.1. The Morgan fingerprint density at radius 2 is 1.80 bits per heavy atom. The van der Waals surface area contributed by atoms with Gasteiger partial charge in [0.15, 0.2) is 0 Å². The van der Waals surface area contributed by atoms with Gasteiger partial charge < -0.3 is 5.32 Å². The largest absolute Gasteiger partial charge is 0.381 e. The molecule has 0 fully saturated rings. The second-order valence-corrected chi connectivity index (χ2v) is 5.28. The number of rotatable bonds is 3. The maximum absolute atomic E-state index is 8.99. The molecule has 0 saturated carbocycles. The van der Waals surface area contributed by atoms with E-state index in [1.54, 1.807) is 12.1 Å². The van der Waals surface area contributed by atoms with Crippen LogP contribution in [0.5, 0.6) is 0 Å². The predicted octanol–water partition coefficient (Wildman–Crippen LogP) is 4.11. The van der Waals surface area contributed by atoms with Crippen LogP contribution in [-0.4, -0.2) is 0 Å². The van der Waals surface area contributed by atoms with Crippen LogP contribution >= 0.6 is 15.9 Å². The van der Waals surface area contributed by atoms with Gasteiger partial charge in [0.1, 0.15) is 12.1 Å². The van der Waals surface area contributed by atoms with E-state index in [0.717, 1.165) is 15.7 Å². The molecule has 0 aliphatic rings. The summed E-state index contributed by atoms with van der Waals surface area (Å²) in [5.41, 5.74) is 3.97. The molecular formula is C16H12BrN3. The van der Waals surface area contributed by atoms with Crippen LogP contribution in [-0.2, 0) is 6.54 Å². The molecule has 0 amide bonds. The van der Waals surface area contributed by atoms with Gasteiger partial charge in [0.25, 0.3) is 0 Å². The van der Waals surface area contributed by atoms with Crippen molar-refractivity contribution in [1.29, 1.82) is 10.5 Å². The van der Waals surface area contributed by atoms with E-state index in [-0.39, 0.29) is 0 Å². The first-order valence-electron chi connectivity index (χ1n) is 6.07. The Bertz CT molecular complexity index is 723. The van der Waals surface area contributed by atoms with Crippen LogP contribution in [0.1, 0.15) is 22.3 Å². The number of halogens is 1. The zero-order chi connectivity index (χ0) is 14.5. The fraction of sp³-hybridized carbons (Fsp3) is 0.125. The third-order valence-corrected chi connectivity index (χ3v) is 3.87. The SMILES string of the molecule is Cc1cc(CNc2ccc(C#N)c(C#N)c2)ccc1Br. The van der Waals surface area contributed by atoms with Crippen LogP contribution in [0.4, 0.5) is 5.69 Å². The minimum Gasteiger partial charge on any atom is -0.381 e. The Morgan fingerprint density at radius 3 is 2.45 bits per heavy atom. The van der Waals surface area contributed by atoms with E-state index < -0.39 is 0 Å². The fourth-order valence-corrected chi connectivity index (χ4v) is 2.11. The number of nitriles is 2. The molecule has 0 spiro atoms. The zero-order valence-electron chi connectivity index (χ0n) is 10.9. The molecule has 0 atom stereocenters. The van der Waals surface area contributed by atoms with Gasteiger partial charge in [0.2, 0.25) is 0 Å². The van der Waals surface area contributed by atoms with Crippen molar-refractivity contribution in [2.45, 2.75) is 13.5 Å². The lowest BCUT2D eigenvalue weighted by Gasteiger charge is -2.08. The topological polar surface area (TPSA) is 59.6 Å². The smallest absolute Gasteiger partial charge is 0.101 e. The number of benzene rings is 2. The first-order chi connectivity index (χ1) is 9.63. The summed E-state index contributed by atoms with van der Waals surface area (Å²) in [4.78, 5) is 0. The molecule has 0 aromatic heterocycles. The van der Waals surface area contributed by atoms with Crippen LogP contribution in [0, 0.1) is 29.6 Å². The zero-order valence-corrected chi connectivity index (χ0v) is 12.5. The lowest BCUT2D eigenvalue weighted by Crippen LogP contribution is -2.00. The van der Waals surface area contributed by atoms with Crippen molar-refractivity contribution in [3.63, 3.8) is 0 Å². The summed E-state index contributed by atoms with van der Waals surface area (Å²) in [7, 11) is 0. The summed E-state index contributed by atoms with van der Waals surface area (Å²) in [5, 5.41) is 21.1. The number of aryl methyl sites for hydroxylation is 1. The van der Waals surface area contributed by atoms with E-state index in [0.29, 0.717) is 17.7 Å². The van der Waals surface area contributed by atoms with E-state index >= 15 is 0 Å². The van der Waals surface area contributed by atoms with Gasteiger partial charge in [-0.05, 0) is 42.3 Å². The molecule has 0 radical (unpaired) electrons. The van der Waals surface area contributed by atoms with Crippen molar-refractivity contribution < 1.29 is 0 Å². The highest BCUT2D eigenvalue weighted by Crippen LogP contribution is 2.19. The molecule has 3 nitrogen and oxygen atoms in total. The Morgan fingerprint density at radius 1 is 1.05 bits per heavy atom. The number of hydrogen-bond acceptors (Lipinski definition) is 3. The van der Waals surface area contributed by atoms with Crippen LogP contribution in [0.25, 0.3) is 0 Å². The molecule has 0 unspecified atom stereocenters. The number of nitrogens with zero attached hydrogens (tertiary/aromatic N) is 2. The number of hydrogen-bond donors (Lipinski definition) is 1. The summed E-state index contributed by atoms with van der Waals surface area (Å²) in [5.74, 6) is 0. The van der Waals surface area contributed by atoms with E-state index in [1.165, 1.54) is 5.56 Å². The van der Waals surface area contributed by atoms with Crippen LogP contribution in [0.2, 0.25) is 0 Å². The third-order valence-electron chi connectivity index (χ3n) is 2.98. The van der Waals surface area contributed by atoms with Gasteiger partial charge in [-0.15, -0.1) is 0 Å². The second kappa shape index (κ2) is 6.23. The maximum atomic E-state index is 8.99. The molecule has 0 aliphatic carbocycles. The standard InChI is InChI=1S/C16H12BrN3/c1-11-6-12(2-5-16(11)17)10-20-15-4-3-13(8-18)14(7-15)9-19/h2-7,20H,10H2,1H3. The van der Waals surface area contributed by atoms with Crippen molar-refractivity contribution >= 4 is 21.6 Å². The highest BCUT2D eigenvalue weighted by Gasteiger charge is 2.03. The van der Waals surface area contributed by atoms with Gasteiger partial charge in [-0.2, -0.15) is 10.5 Å². The molecule has 98 valence electrons. The van der Waals surface area contributed by atoms with Crippen molar-refractivity contribution in [2.75, 3.05) is 5.32 Å². The molecule has 20 heavy (non-hydrogen) atoms. The van der Waals surface area contributed by atoms with E-state index in [2.05, 4.69) is 27.3 Å². The average Bonchev–Trinajstić information content (AvgIpc) is 2.48. The number of anilines is 1. The van der Waals surface area contributed by atoms with Gasteiger partial charge >= 0.3 is 0 Å². The highest BCUT2D eigenvalue weighted by atomic mass is 79.9. The Labute approximate surface area is 126 Å². The van der Waals surface area contributed by atoms with E-state index in [1.807, 2.05) is 37.3 Å². The summed E-state index contributed by atoms with van der Waals surface area (Å²) in [6.07, 6.45) is 0. The summed E-state index contributed by atoms with van der Waals surface area (Å²) in [6.45, 7) is 2.72. The molecule has 0 bridgehead atoms. The molecule has 1 N–H and O–H groups in total. The summed E-state index contributed by atoms with van der Waals surface area (Å²) in [6, 6.07) is 15.4. The quantitative estimate of drug-likeness (QED) is 0.923. The monoisotopic (exact) mass is 325 g/mol. The van der Waals surface area contributed by atoms with E-state index in [9.17, 15) is 0 Å². The van der Waals surface area contributed by atoms with Gasteiger partial charge in [-0.3, -0.25) is 0 Å². The van der Waals surface area contributed by atoms with Gasteiger partial charge in [0, 0.05) is 16.7 Å². The lowest BCUT2D eigenvalue weighted by molar-refractivity contribution is 1.14. The van der Waals surface area contributed by atoms with Crippen LogP contribution in [0.3, 0.4) is 0 Å². The molecule has 0 saturated heterocycles. The average molecular weight is 326 g/mol. The van der Waals surface area contributed by atoms with Crippen LogP contribution in [0.15, 0.2) is 40.9 Å².